The molecule has 0 bridgehead atoms. The summed E-state index contributed by atoms with van der Waals surface area (Å²) >= 11 is 1.70. The fraction of sp³-hybridized carbons (Fsp3) is 0.778. The molecule has 1 N–H and O–H groups in total. The highest BCUT2D eigenvalue weighted by Gasteiger charge is 2.12. The van der Waals surface area contributed by atoms with Gasteiger partial charge >= 0.3 is 5.97 Å². The highest BCUT2D eigenvalue weighted by atomic mass is 32.2. The molecule has 0 aromatic heterocycles. The van der Waals surface area contributed by atoms with E-state index in [9.17, 15) is 9.59 Å². The highest BCUT2D eigenvalue weighted by Crippen LogP contribution is 2.06. The first-order valence-corrected chi connectivity index (χ1v) is 5.84. The first-order chi connectivity index (χ1) is 6.61. The third-order valence-electron chi connectivity index (χ3n) is 1.84. The van der Waals surface area contributed by atoms with E-state index in [0.29, 0.717) is 0 Å². The minimum Gasteiger partial charge on any atom is -0.468 e. The summed E-state index contributed by atoms with van der Waals surface area (Å²) in [7, 11) is 1.30. The quantitative estimate of drug-likeness (QED) is 0.667. The number of methoxy groups -OCH3 is 1. The van der Waals surface area contributed by atoms with E-state index < -0.39 is 5.97 Å². The minimum absolute atomic E-state index is 0.0427. The van der Waals surface area contributed by atoms with E-state index in [1.807, 2.05) is 13.2 Å². The summed E-state index contributed by atoms with van der Waals surface area (Å²) in [6.07, 6.45) is 2.83. The zero-order valence-electron chi connectivity index (χ0n) is 8.83. The lowest BCUT2D eigenvalue weighted by Gasteiger charge is -2.10. The maximum absolute atomic E-state index is 11.3. The Hall–Kier alpha value is -0.710. The minimum atomic E-state index is -0.421. The first kappa shape index (κ1) is 13.3. The van der Waals surface area contributed by atoms with Gasteiger partial charge < -0.3 is 10.1 Å². The highest BCUT2D eigenvalue weighted by molar-refractivity contribution is 7.98. The zero-order chi connectivity index (χ0) is 11.0. The molecular weight excluding hydrogens is 202 g/mol. The number of nitrogens with one attached hydrogen (secondary N) is 1. The number of hydrogen-bond acceptors (Lipinski definition) is 4. The molecule has 0 radical (unpaired) electrons. The molecule has 1 atom stereocenters. The number of thioether (sulfide) groups is 1. The number of amides is 1. The maximum Gasteiger partial charge on any atom is 0.325 e. The van der Waals surface area contributed by atoms with Gasteiger partial charge in [-0.3, -0.25) is 9.59 Å². The van der Waals surface area contributed by atoms with Crippen LogP contribution in [-0.2, 0) is 14.3 Å². The molecule has 5 heteroatoms. The average Bonchev–Trinajstić information content (AvgIpc) is 2.21. The molecule has 0 heterocycles. The summed E-state index contributed by atoms with van der Waals surface area (Å²) in [5.74, 6) is 0.388. The van der Waals surface area contributed by atoms with Gasteiger partial charge in [-0.25, -0.2) is 0 Å². The van der Waals surface area contributed by atoms with Crippen LogP contribution in [0.15, 0.2) is 0 Å². The first-order valence-electron chi connectivity index (χ1n) is 4.45. The maximum atomic E-state index is 11.3. The van der Waals surface area contributed by atoms with Crippen molar-refractivity contribution in [3.05, 3.63) is 0 Å². The van der Waals surface area contributed by atoms with Crippen LogP contribution in [0.25, 0.3) is 0 Å². The van der Waals surface area contributed by atoms with E-state index >= 15 is 0 Å². The Labute approximate surface area is 88.8 Å². The van der Waals surface area contributed by atoms with Gasteiger partial charge in [-0.2, -0.15) is 11.8 Å². The Morgan fingerprint density at radius 1 is 1.50 bits per heavy atom. The molecule has 0 rings (SSSR count). The topological polar surface area (TPSA) is 55.4 Å². The smallest absolute Gasteiger partial charge is 0.325 e. The number of hydrogen-bond donors (Lipinski definition) is 1. The van der Waals surface area contributed by atoms with Crippen LogP contribution in [0.4, 0.5) is 0 Å². The van der Waals surface area contributed by atoms with Gasteiger partial charge in [-0.1, -0.05) is 6.92 Å². The standard InChI is InChI=1S/C9H17NO3S/c1-7(4-5-14-3)9(12)10-6-8(11)13-2/h7H,4-6H2,1-3H3,(H,10,12)/t7-/m0/s1. The summed E-state index contributed by atoms with van der Waals surface area (Å²) in [6, 6.07) is 0. The molecule has 0 unspecified atom stereocenters. The van der Waals surface area contributed by atoms with Crippen LogP contribution in [0, 0.1) is 5.92 Å². The number of rotatable bonds is 6. The van der Waals surface area contributed by atoms with Gasteiger partial charge in [-0.05, 0) is 18.4 Å². The second-order valence-electron chi connectivity index (χ2n) is 2.98. The van der Waals surface area contributed by atoms with Crippen LogP contribution >= 0.6 is 11.8 Å². The Morgan fingerprint density at radius 2 is 2.14 bits per heavy atom. The van der Waals surface area contributed by atoms with Crippen LogP contribution in [0.1, 0.15) is 13.3 Å². The summed E-state index contributed by atoms with van der Waals surface area (Å²) < 4.78 is 4.40. The van der Waals surface area contributed by atoms with Gasteiger partial charge in [0.2, 0.25) is 5.91 Å². The molecule has 0 aliphatic heterocycles. The Bertz CT molecular complexity index is 196. The molecule has 0 aromatic carbocycles. The van der Waals surface area contributed by atoms with Crippen molar-refractivity contribution < 1.29 is 14.3 Å². The third kappa shape index (κ3) is 5.85. The fourth-order valence-corrected chi connectivity index (χ4v) is 1.42. The lowest BCUT2D eigenvalue weighted by molar-refractivity contribution is -0.141. The molecule has 0 aliphatic rings. The number of carbonyl (C=O) groups excluding carboxylic acids is 2. The van der Waals surface area contributed by atoms with Crippen molar-refractivity contribution in [2.24, 2.45) is 5.92 Å². The molecule has 0 aromatic rings. The largest absolute Gasteiger partial charge is 0.468 e. The van der Waals surface area contributed by atoms with Crippen molar-refractivity contribution in [1.82, 2.24) is 5.32 Å². The average molecular weight is 219 g/mol. The lowest BCUT2D eigenvalue weighted by Crippen LogP contribution is -2.34. The van der Waals surface area contributed by atoms with Crippen LogP contribution in [0.3, 0.4) is 0 Å². The normalized spacial score (nSPS) is 11.9. The molecule has 14 heavy (non-hydrogen) atoms. The number of esters is 1. The molecule has 0 spiro atoms. The number of ether oxygens (including phenoxy) is 1. The molecule has 0 fully saturated rings. The van der Waals surface area contributed by atoms with E-state index in [1.54, 1.807) is 11.8 Å². The zero-order valence-corrected chi connectivity index (χ0v) is 9.65. The van der Waals surface area contributed by atoms with E-state index in [2.05, 4.69) is 10.1 Å². The Balaban J connectivity index is 3.67. The summed E-state index contributed by atoms with van der Waals surface area (Å²) in [6.45, 7) is 1.81. The van der Waals surface area contributed by atoms with Crippen molar-refractivity contribution in [1.29, 1.82) is 0 Å². The van der Waals surface area contributed by atoms with Crippen molar-refractivity contribution in [3.8, 4) is 0 Å². The van der Waals surface area contributed by atoms with Gasteiger partial charge in [-0.15, -0.1) is 0 Å². The third-order valence-corrected chi connectivity index (χ3v) is 2.48. The molecule has 0 saturated heterocycles. The monoisotopic (exact) mass is 219 g/mol. The van der Waals surface area contributed by atoms with Crippen LogP contribution in [0.2, 0.25) is 0 Å². The molecule has 1 amide bonds. The SMILES string of the molecule is COC(=O)CNC(=O)[C@@H](C)CCSC. The molecule has 0 aliphatic carbocycles. The summed E-state index contributed by atoms with van der Waals surface area (Å²) in [5, 5.41) is 2.52. The molecule has 82 valence electrons. The molecule has 0 saturated carbocycles. The van der Waals surface area contributed by atoms with Gasteiger partial charge in [0.15, 0.2) is 0 Å². The summed E-state index contributed by atoms with van der Waals surface area (Å²) in [5.41, 5.74) is 0. The van der Waals surface area contributed by atoms with Crippen molar-refractivity contribution in [3.63, 3.8) is 0 Å². The fourth-order valence-electron chi connectivity index (χ4n) is 0.831. The molecular formula is C9H17NO3S. The van der Waals surface area contributed by atoms with Gasteiger partial charge in [0.05, 0.1) is 7.11 Å². The second kappa shape index (κ2) is 7.67. The van der Waals surface area contributed by atoms with Gasteiger partial charge in [0.25, 0.3) is 0 Å². The van der Waals surface area contributed by atoms with Crippen LogP contribution < -0.4 is 5.32 Å². The Morgan fingerprint density at radius 3 is 2.64 bits per heavy atom. The summed E-state index contributed by atoms with van der Waals surface area (Å²) in [4.78, 5) is 22.1. The predicted octanol–water partition coefficient (Wildman–Crippen LogP) is 0.665. The van der Waals surface area contributed by atoms with E-state index in [4.69, 9.17) is 0 Å². The predicted molar refractivity (Wildman–Crippen MR) is 57.2 cm³/mol. The van der Waals surface area contributed by atoms with Crippen LogP contribution in [-0.4, -0.2) is 37.5 Å². The number of carbonyl (C=O) groups is 2. The van der Waals surface area contributed by atoms with Gasteiger partial charge in [0.1, 0.15) is 6.54 Å². The van der Waals surface area contributed by atoms with E-state index in [0.717, 1.165) is 12.2 Å². The molecule has 4 nitrogen and oxygen atoms in total. The van der Waals surface area contributed by atoms with E-state index in [-0.39, 0.29) is 18.4 Å². The second-order valence-corrected chi connectivity index (χ2v) is 3.96. The van der Waals surface area contributed by atoms with Crippen LogP contribution in [0.5, 0.6) is 0 Å². The van der Waals surface area contributed by atoms with E-state index in [1.165, 1.54) is 7.11 Å². The lowest BCUT2D eigenvalue weighted by atomic mass is 10.1. The van der Waals surface area contributed by atoms with Crippen molar-refractivity contribution >= 4 is 23.6 Å². The van der Waals surface area contributed by atoms with Crippen molar-refractivity contribution in [2.45, 2.75) is 13.3 Å². The van der Waals surface area contributed by atoms with Crippen molar-refractivity contribution in [2.75, 3.05) is 25.7 Å². The van der Waals surface area contributed by atoms with Gasteiger partial charge in [0, 0.05) is 5.92 Å². The Kier molecular flexibility index (Phi) is 7.28.